The molecule has 0 aliphatic carbocycles. The fourth-order valence-corrected chi connectivity index (χ4v) is 2.09. The molecule has 1 N–H and O–H groups in total. The maximum atomic E-state index is 10.3. The zero-order valence-electron chi connectivity index (χ0n) is 12.9. The first-order chi connectivity index (χ1) is 9.16. The van der Waals surface area contributed by atoms with Crippen molar-refractivity contribution in [3.05, 3.63) is 12.2 Å². The fourth-order valence-electron chi connectivity index (χ4n) is 2.09. The second-order valence-corrected chi connectivity index (χ2v) is 5.62. The van der Waals surface area contributed by atoms with Gasteiger partial charge in [0.15, 0.2) is 0 Å². The number of aliphatic carboxylic acids is 1. The minimum atomic E-state index is -0.673. The first-order valence-corrected chi connectivity index (χ1v) is 8.03. The quantitative estimate of drug-likeness (QED) is 0.350. The molecule has 19 heavy (non-hydrogen) atoms. The van der Waals surface area contributed by atoms with Crippen LogP contribution in [0.25, 0.3) is 0 Å². The highest BCUT2D eigenvalue weighted by Gasteiger charge is 1.97. The summed E-state index contributed by atoms with van der Waals surface area (Å²) in [4.78, 5) is 10.3. The van der Waals surface area contributed by atoms with Gasteiger partial charge in [-0.15, -0.1) is 0 Å². The second kappa shape index (κ2) is 13.6. The molecule has 112 valence electrons. The maximum Gasteiger partial charge on any atom is 0.303 e. The maximum absolute atomic E-state index is 10.3. The number of unbranched alkanes of at least 4 members (excludes halogenated alkanes) is 6. The van der Waals surface area contributed by atoms with E-state index < -0.39 is 5.97 Å². The Morgan fingerprint density at radius 1 is 1.00 bits per heavy atom. The van der Waals surface area contributed by atoms with Crippen LogP contribution in [0.4, 0.5) is 0 Å². The number of carbonyl (C=O) groups is 1. The first kappa shape index (κ1) is 18.2. The lowest BCUT2D eigenvalue weighted by atomic mass is 10.0. The van der Waals surface area contributed by atoms with Crippen LogP contribution in [0.3, 0.4) is 0 Å². The Bertz CT molecular complexity index is 233. The van der Waals surface area contributed by atoms with Crippen LogP contribution >= 0.6 is 0 Å². The summed E-state index contributed by atoms with van der Waals surface area (Å²) in [5.74, 6) is 0.217. The number of allylic oxidation sites excluding steroid dienone is 2. The fraction of sp³-hybridized carbons (Fsp3) is 0.824. The van der Waals surface area contributed by atoms with Crippen LogP contribution < -0.4 is 0 Å². The molecular formula is C17H32O2. The van der Waals surface area contributed by atoms with E-state index in [0.29, 0.717) is 6.42 Å². The predicted molar refractivity (Wildman–Crippen MR) is 82.4 cm³/mol. The summed E-state index contributed by atoms with van der Waals surface area (Å²) in [6.45, 7) is 4.61. The molecule has 2 heteroatoms. The van der Waals surface area contributed by atoms with Crippen molar-refractivity contribution in [2.45, 2.75) is 84.5 Å². The molecule has 0 radical (unpaired) electrons. The number of rotatable bonds is 13. The summed E-state index contributed by atoms with van der Waals surface area (Å²) in [5, 5.41) is 8.49. The van der Waals surface area contributed by atoms with Crippen LogP contribution in [0.15, 0.2) is 12.2 Å². The number of hydrogen-bond acceptors (Lipinski definition) is 1. The largest absolute Gasteiger partial charge is 0.481 e. The van der Waals surface area contributed by atoms with Crippen LogP contribution in [-0.4, -0.2) is 11.1 Å². The van der Waals surface area contributed by atoms with E-state index in [4.69, 9.17) is 5.11 Å². The van der Waals surface area contributed by atoms with Gasteiger partial charge in [-0.1, -0.05) is 58.1 Å². The summed E-state index contributed by atoms with van der Waals surface area (Å²) in [7, 11) is 0. The molecule has 2 nitrogen and oxygen atoms in total. The van der Waals surface area contributed by atoms with E-state index in [-0.39, 0.29) is 0 Å². The minimum absolute atomic E-state index is 0.319. The second-order valence-electron chi connectivity index (χ2n) is 5.62. The molecule has 0 saturated carbocycles. The van der Waals surface area contributed by atoms with Gasteiger partial charge in [0.1, 0.15) is 0 Å². The highest BCUT2D eigenvalue weighted by Crippen LogP contribution is 2.13. The van der Waals surface area contributed by atoms with Crippen molar-refractivity contribution in [2.75, 3.05) is 0 Å². The van der Waals surface area contributed by atoms with Crippen molar-refractivity contribution < 1.29 is 9.90 Å². The Morgan fingerprint density at radius 3 is 2.11 bits per heavy atom. The highest BCUT2D eigenvalue weighted by molar-refractivity contribution is 5.66. The average molecular weight is 268 g/mol. The van der Waals surface area contributed by atoms with E-state index in [2.05, 4.69) is 26.0 Å². The molecule has 0 aliphatic heterocycles. The third-order valence-corrected chi connectivity index (χ3v) is 3.69. The van der Waals surface area contributed by atoms with Gasteiger partial charge >= 0.3 is 5.97 Å². The number of carboxylic acids is 1. The molecule has 1 unspecified atom stereocenters. The van der Waals surface area contributed by atoms with Crippen molar-refractivity contribution in [3.63, 3.8) is 0 Å². The van der Waals surface area contributed by atoms with Gasteiger partial charge in [0, 0.05) is 6.42 Å². The molecule has 0 saturated heterocycles. The SMILES string of the molecule is CCC(C)CCCCCC=CCCCCCC(=O)O. The molecule has 0 amide bonds. The van der Waals surface area contributed by atoms with Crippen LogP contribution in [0, 0.1) is 5.92 Å². The molecule has 0 rings (SSSR count). The molecule has 0 aliphatic rings. The molecular weight excluding hydrogens is 236 g/mol. The zero-order valence-corrected chi connectivity index (χ0v) is 12.9. The molecule has 0 spiro atoms. The van der Waals surface area contributed by atoms with E-state index in [1.165, 1.54) is 38.5 Å². The summed E-state index contributed by atoms with van der Waals surface area (Å²) in [6, 6.07) is 0. The Balaban J connectivity index is 3.15. The minimum Gasteiger partial charge on any atom is -0.481 e. The van der Waals surface area contributed by atoms with Gasteiger partial charge in [0.2, 0.25) is 0 Å². The van der Waals surface area contributed by atoms with E-state index in [9.17, 15) is 4.79 Å². The van der Waals surface area contributed by atoms with E-state index in [0.717, 1.165) is 31.6 Å². The van der Waals surface area contributed by atoms with Crippen molar-refractivity contribution >= 4 is 5.97 Å². The van der Waals surface area contributed by atoms with Gasteiger partial charge in [-0.3, -0.25) is 4.79 Å². The van der Waals surface area contributed by atoms with Crippen molar-refractivity contribution in [3.8, 4) is 0 Å². The monoisotopic (exact) mass is 268 g/mol. The Kier molecular flexibility index (Phi) is 13.1. The first-order valence-electron chi connectivity index (χ1n) is 8.03. The smallest absolute Gasteiger partial charge is 0.303 e. The molecule has 0 aromatic carbocycles. The van der Waals surface area contributed by atoms with Crippen molar-refractivity contribution in [1.29, 1.82) is 0 Å². The highest BCUT2D eigenvalue weighted by atomic mass is 16.4. The van der Waals surface area contributed by atoms with E-state index >= 15 is 0 Å². The number of carboxylic acid groups (broad SMARTS) is 1. The van der Waals surface area contributed by atoms with Crippen molar-refractivity contribution in [2.24, 2.45) is 5.92 Å². The lowest BCUT2D eigenvalue weighted by Gasteiger charge is -2.06. The summed E-state index contributed by atoms with van der Waals surface area (Å²) >= 11 is 0. The third kappa shape index (κ3) is 15.2. The van der Waals surface area contributed by atoms with Crippen molar-refractivity contribution in [1.82, 2.24) is 0 Å². The Morgan fingerprint density at radius 2 is 1.58 bits per heavy atom. The van der Waals surface area contributed by atoms with Crippen LogP contribution in [0.5, 0.6) is 0 Å². The van der Waals surface area contributed by atoms with E-state index in [1.54, 1.807) is 0 Å². The molecule has 1 atom stereocenters. The summed E-state index contributed by atoms with van der Waals surface area (Å²) in [6.07, 6.45) is 16.9. The number of hydrogen-bond donors (Lipinski definition) is 1. The van der Waals surface area contributed by atoms with Gasteiger partial charge in [-0.25, -0.2) is 0 Å². The molecule has 0 fully saturated rings. The molecule has 0 aromatic rings. The molecule has 0 aromatic heterocycles. The van der Waals surface area contributed by atoms with Gasteiger partial charge < -0.3 is 5.11 Å². The topological polar surface area (TPSA) is 37.3 Å². The third-order valence-electron chi connectivity index (χ3n) is 3.69. The van der Waals surface area contributed by atoms with Gasteiger partial charge in [0.25, 0.3) is 0 Å². The van der Waals surface area contributed by atoms with Crippen LogP contribution in [-0.2, 0) is 4.79 Å². The predicted octanol–water partition coefficient (Wildman–Crippen LogP) is 5.57. The lowest BCUT2D eigenvalue weighted by molar-refractivity contribution is -0.137. The molecule has 0 heterocycles. The molecule has 0 bridgehead atoms. The van der Waals surface area contributed by atoms with E-state index in [1.807, 2.05) is 0 Å². The normalized spacial score (nSPS) is 12.9. The average Bonchev–Trinajstić information content (AvgIpc) is 2.39. The zero-order chi connectivity index (χ0) is 14.3. The summed E-state index contributed by atoms with van der Waals surface area (Å²) < 4.78 is 0. The van der Waals surface area contributed by atoms with Gasteiger partial charge in [-0.05, 0) is 38.0 Å². The standard InChI is InChI=1S/C17H32O2/c1-3-16(2)14-12-10-8-6-4-5-7-9-11-13-15-17(18)19/h4-5,16H,3,6-15H2,1-2H3,(H,18,19). The Labute approximate surface area is 119 Å². The Hall–Kier alpha value is -0.790. The van der Waals surface area contributed by atoms with Crippen LogP contribution in [0.2, 0.25) is 0 Å². The van der Waals surface area contributed by atoms with Gasteiger partial charge in [0.05, 0.1) is 0 Å². The van der Waals surface area contributed by atoms with Crippen LogP contribution in [0.1, 0.15) is 84.5 Å². The summed E-state index contributed by atoms with van der Waals surface area (Å²) in [5.41, 5.74) is 0. The van der Waals surface area contributed by atoms with Gasteiger partial charge in [-0.2, -0.15) is 0 Å². The lowest BCUT2D eigenvalue weighted by Crippen LogP contribution is -1.93.